The van der Waals surface area contributed by atoms with Gasteiger partial charge >= 0.3 is 11.9 Å². The van der Waals surface area contributed by atoms with Gasteiger partial charge in [0.05, 0.1) is 12.0 Å². The topological polar surface area (TPSA) is 69.7 Å². The third-order valence-corrected chi connectivity index (χ3v) is 6.44. The average molecular weight is 427 g/mol. The minimum Gasteiger partial charge on any atom is -0.456 e. The molecule has 0 bridgehead atoms. The lowest BCUT2D eigenvalue weighted by molar-refractivity contribution is -0.186. The van der Waals surface area contributed by atoms with Gasteiger partial charge in [0, 0.05) is 12.3 Å². The van der Waals surface area contributed by atoms with E-state index in [9.17, 15) is 14.4 Å². The maximum Gasteiger partial charge on any atom is 0.338 e. The first-order chi connectivity index (χ1) is 14.5. The molecule has 3 atom stereocenters. The Morgan fingerprint density at radius 2 is 1.84 bits per heavy atom. The molecule has 0 spiro atoms. The predicted molar refractivity (Wildman–Crippen MR) is 118 cm³/mol. The highest BCUT2D eigenvalue weighted by Gasteiger charge is 2.47. The summed E-state index contributed by atoms with van der Waals surface area (Å²) in [6.07, 6.45) is 5.06. The van der Waals surface area contributed by atoms with Crippen LogP contribution in [0.1, 0.15) is 77.1 Å². The van der Waals surface area contributed by atoms with E-state index in [1.807, 2.05) is 6.07 Å². The highest BCUT2D eigenvalue weighted by molar-refractivity contribution is 5.89. The summed E-state index contributed by atoms with van der Waals surface area (Å²) in [6, 6.07) is 8.85. The van der Waals surface area contributed by atoms with Gasteiger partial charge in [-0.2, -0.15) is 0 Å². The van der Waals surface area contributed by atoms with Crippen molar-refractivity contribution < 1.29 is 23.9 Å². The van der Waals surface area contributed by atoms with Crippen LogP contribution >= 0.6 is 0 Å². The van der Waals surface area contributed by atoms with E-state index in [2.05, 4.69) is 19.9 Å². The first-order valence-corrected chi connectivity index (χ1v) is 11.1. The van der Waals surface area contributed by atoms with Crippen molar-refractivity contribution in [1.82, 2.24) is 0 Å². The van der Waals surface area contributed by atoms with Gasteiger partial charge in [0.25, 0.3) is 0 Å². The molecule has 2 fully saturated rings. The third-order valence-electron chi connectivity index (χ3n) is 6.44. The summed E-state index contributed by atoms with van der Waals surface area (Å²) < 4.78 is 11.5. The number of benzene rings is 1. The molecular weight excluding hydrogens is 392 g/mol. The first-order valence-electron chi connectivity index (χ1n) is 11.1. The number of carbonyl (C=O) groups excluding carboxylic acids is 3. The number of carbonyl (C=O) groups is 3. The molecule has 1 saturated heterocycles. The van der Waals surface area contributed by atoms with Crippen LogP contribution < -0.4 is 0 Å². The Kier molecular flexibility index (Phi) is 6.73. The molecule has 0 radical (unpaired) electrons. The molecule has 0 unspecified atom stereocenters. The van der Waals surface area contributed by atoms with Gasteiger partial charge in [-0.1, -0.05) is 43.7 Å². The lowest BCUT2D eigenvalue weighted by atomic mass is 9.68. The summed E-state index contributed by atoms with van der Waals surface area (Å²) in [5, 5.41) is 0. The molecule has 168 valence electrons. The van der Waals surface area contributed by atoms with Gasteiger partial charge in [-0.25, -0.2) is 4.79 Å². The quantitative estimate of drug-likeness (QED) is 0.473. The monoisotopic (exact) mass is 426 g/mol. The fraction of sp³-hybridized carbons (Fsp3) is 0.577. The number of hydrogen-bond acceptors (Lipinski definition) is 5. The molecule has 1 aliphatic carbocycles. The highest BCUT2D eigenvalue weighted by atomic mass is 16.6. The van der Waals surface area contributed by atoms with E-state index in [1.54, 1.807) is 45.0 Å². The van der Waals surface area contributed by atoms with E-state index in [4.69, 9.17) is 9.47 Å². The summed E-state index contributed by atoms with van der Waals surface area (Å²) in [5.74, 6) is -0.660. The number of allylic oxidation sites excluding steroid dienone is 1. The van der Waals surface area contributed by atoms with Crippen LogP contribution in [0, 0.1) is 17.3 Å². The van der Waals surface area contributed by atoms with Crippen LogP contribution in [0.5, 0.6) is 0 Å². The molecule has 5 nitrogen and oxygen atoms in total. The third kappa shape index (κ3) is 5.84. The van der Waals surface area contributed by atoms with Crippen LogP contribution in [-0.2, 0) is 19.1 Å². The standard InChI is InChI=1S/C26H34O5/c1-17(27)13-19-11-12-25(2,3)16-21(19)14-20-15-22(28)31-26(4,5)23(20)30-24(29)18-9-7-6-8-10-18/h6-10,14,19-20,23H,11-13,15-16H2,1-5H3/b21-14-/t19-,20-,23-/m0/s1. The number of cyclic esters (lactones) is 1. The highest BCUT2D eigenvalue weighted by Crippen LogP contribution is 2.45. The van der Waals surface area contributed by atoms with Crippen molar-refractivity contribution in [1.29, 1.82) is 0 Å². The number of rotatable bonds is 5. The molecule has 1 aromatic rings. The minimum absolute atomic E-state index is 0.139. The second kappa shape index (κ2) is 8.97. The fourth-order valence-corrected chi connectivity index (χ4v) is 4.93. The van der Waals surface area contributed by atoms with E-state index in [-0.39, 0.29) is 35.4 Å². The normalized spacial score (nSPS) is 28.6. The Hall–Kier alpha value is -2.43. The van der Waals surface area contributed by atoms with Gasteiger partial charge in [0.2, 0.25) is 0 Å². The van der Waals surface area contributed by atoms with Gasteiger partial charge in [-0.15, -0.1) is 0 Å². The van der Waals surface area contributed by atoms with Crippen molar-refractivity contribution in [3.8, 4) is 0 Å². The van der Waals surface area contributed by atoms with Gasteiger partial charge < -0.3 is 14.3 Å². The lowest BCUT2D eigenvalue weighted by Gasteiger charge is -2.42. The van der Waals surface area contributed by atoms with Crippen molar-refractivity contribution in [2.45, 2.75) is 78.4 Å². The molecular formula is C26H34O5. The Balaban J connectivity index is 1.92. The van der Waals surface area contributed by atoms with Crippen molar-refractivity contribution in [2.75, 3.05) is 0 Å². The molecule has 31 heavy (non-hydrogen) atoms. The van der Waals surface area contributed by atoms with Gasteiger partial charge in [0.15, 0.2) is 0 Å². The van der Waals surface area contributed by atoms with E-state index >= 15 is 0 Å². The molecule has 1 aliphatic heterocycles. The van der Waals surface area contributed by atoms with Crippen LogP contribution in [0.4, 0.5) is 0 Å². The smallest absolute Gasteiger partial charge is 0.338 e. The van der Waals surface area contributed by atoms with Crippen LogP contribution in [0.25, 0.3) is 0 Å². The number of Topliss-reactive ketones (excluding diaryl/α,β-unsaturated/α-hetero) is 1. The minimum atomic E-state index is -0.943. The number of hydrogen-bond donors (Lipinski definition) is 0. The number of esters is 2. The zero-order valence-corrected chi connectivity index (χ0v) is 19.3. The Labute approximate surface area is 185 Å². The molecule has 0 aromatic heterocycles. The summed E-state index contributed by atoms with van der Waals surface area (Å²) in [5.41, 5.74) is 0.861. The van der Waals surface area contributed by atoms with E-state index in [0.717, 1.165) is 19.3 Å². The summed E-state index contributed by atoms with van der Waals surface area (Å²) in [6.45, 7) is 9.67. The lowest BCUT2D eigenvalue weighted by Crippen LogP contribution is -2.52. The molecule has 0 N–H and O–H groups in total. The van der Waals surface area contributed by atoms with E-state index in [1.165, 1.54) is 5.57 Å². The largest absolute Gasteiger partial charge is 0.456 e. The molecule has 1 saturated carbocycles. The molecule has 0 amide bonds. The number of ether oxygens (including phenoxy) is 2. The zero-order chi connectivity index (χ0) is 22.8. The van der Waals surface area contributed by atoms with E-state index < -0.39 is 17.7 Å². The van der Waals surface area contributed by atoms with Crippen molar-refractivity contribution in [3.05, 3.63) is 47.5 Å². The van der Waals surface area contributed by atoms with Crippen molar-refractivity contribution in [3.63, 3.8) is 0 Å². The second-order valence-corrected chi connectivity index (χ2v) is 10.4. The molecule has 1 heterocycles. The van der Waals surface area contributed by atoms with E-state index in [0.29, 0.717) is 12.0 Å². The van der Waals surface area contributed by atoms with Gasteiger partial charge in [-0.05, 0) is 63.5 Å². The molecule has 3 rings (SSSR count). The SMILES string of the molecule is CC(=O)C[C@@H]1CCC(C)(C)C/C1=C/[C@H]1CC(=O)OC(C)(C)[C@H]1OC(=O)c1ccccc1. The summed E-state index contributed by atoms with van der Waals surface area (Å²) in [4.78, 5) is 37.0. The first kappa shape index (κ1) is 23.2. The van der Waals surface area contributed by atoms with Crippen LogP contribution in [0.15, 0.2) is 42.0 Å². The number of ketones is 1. The second-order valence-electron chi connectivity index (χ2n) is 10.4. The molecule has 2 aliphatic rings. The fourth-order valence-electron chi connectivity index (χ4n) is 4.93. The summed E-state index contributed by atoms with van der Waals surface area (Å²) >= 11 is 0. The van der Waals surface area contributed by atoms with Crippen LogP contribution in [0.3, 0.4) is 0 Å². The van der Waals surface area contributed by atoms with Crippen LogP contribution in [0.2, 0.25) is 0 Å². The Morgan fingerprint density at radius 1 is 1.16 bits per heavy atom. The van der Waals surface area contributed by atoms with Crippen LogP contribution in [-0.4, -0.2) is 29.4 Å². The predicted octanol–water partition coefficient (Wildman–Crippen LogP) is 5.29. The maximum atomic E-state index is 12.8. The van der Waals surface area contributed by atoms with Gasteiger partial charge in [-0.3, -0.25) is 4.79 Å². The summed E-state index contributed by atoms with van der Waals surface area (Å²) in [7, 11) is 0. The Morgan fingerprint density at radius 3 is 2.48 bits per heavy atom. The Bertz CT molecular complexity index is 865. The van der Waals surface area contributed by atoms with Gasteiger partial charge in [0.1, 0.15) is 17.5 Å². The van der Waals surface area contributed by atoms with Crippen molar-refractivity contribution >= 4 is 17.7 Å². The maximum absolute atomic E-state index is 12.8. The molecule has 5 heteroatoms. The zero-order valence-electron chi connectivity index (χ0n) is 19.3. The van der Waals surface area contributed by atoms with Crippen molar-refractivity contribution in [2.24, 2.45) is 17.3 Å². The molecule has 1 aromatic carbocycles. The average Bonchev–Trinajstić information content (AvgIpc) is 2.66.